The maximum atomic E-state index is 13.3. The van der Waals surface area contributed by atoms with Crippen molar-refractivity contribution in [3.63, 3.8) is 0 Å². The van der Waals surface area contributed by atoms with E-state index in [1.54, 1.807) is 0 Å². The average molecular weight is 426 g/mol. The van der Waals surface area contributed by atoms with Crippen LogP contribution in [-0.4, -0.2) is 9.97 Å². The van der Waals surface area contributed by atoms with Crippen LogP contribution in [0.25, 0.3) is 55.2 Å². The lowest BCUT2D eigenvalue weighted by Crippen LogP contribution is -1.88. The van der Waals surface area contributed by atoms with Gasteiger partial charge in [0.1, 0.15) is 5.82 Å². The summed E-state index contributed by atoms with van der Waals surface area (Å²) < 4.78 is 13.3. The lowest BCUT2D eigenvalue weighted by molar-refractivity contribution is 0.628. The van der Waals surface area contributed by atoms with Gasteiger partial charge < -0.3 is 0 Å². The molecule has 33 heavy (non-hydrogen) atoms. The molecule has 0 aliphatic carbocycles. The van der Waals surface area contributed by atoms with Gasteiger partial charge in [0.2, 0.25) is 0 Å². The topological polar surface area (TPSA) is 25.8 Å². The Morgan fingerprint density at radius 2 is 1.09 bits per heavy atom. The first kappa shape index (κ1) is 19.3. The minimum Gasteiger partial charge on any atom is -0.256 e. The standard InChI is InChI=1S/C30H19FN2/c31-28-12-9-20(10-13-28)22-7-5-21-6-8-23(16-26(21)15-22)25-11-14-30(32-18-25)27-17-24-3-1-2-4-29(24)33-19-27/h1-19H. The van der Waals surface area contributed by atoms with E-state index in [9.17, 15) is 4.39 Å². The highest BCUT2D eigenvalue weighted by Crippen LogP contribution is 2.30. The van der Waals surface area contributed by atoms with Gasteiger partial charge in [0.05, 0.1) is 11.2 Å². The molecule has 0 saturated heterocycles. The Bertz CT molecular complexity index is 1600. The molecular formula is C30H19FN2. The van der Waals surface area contributed by atoms with Gasteiger partial charge in [-0.1, -0.05) is 60.7 Å². The van der Waals surface area contributed by atoms with Crippen molar-refractivity contribution >= 4 is 21.7 Å². The van der Waals surface area contributed by atoms with Crippen molar-refractivity contribution in [2.75, 3.05) is 0 Å². The summed E-state index contributed by atoms with van der Waals surface area (Å²) in [5, 5.41) is 3.40. The number of aromatic nitrogens is 2. The molecule has 3 heteroatoms. The highest BCUT2D eigenvalue weighted by molar-refractivity contribution is 5.91. The Morgan fingerprint density at radius 3 is 1.85 bits per heavy atom. The molecule has 0 aliphatic heterocycles. The summed E-state index contributed by atoms with van der Waals surface area (Å²) in [6, 6.07) is 33.7. The Morgan fingerprint density at radius 1 is 0.455 bits per heavy atom. The zero-order valence-corrected chi connectivity index (χ0v) is 17.7. The fraction of sp³-hybridized carbons (Fsp3) is 0. The molecule has 0 bridgehead atoms. The third-order valence-corrected chi connectivity index (χ3v) is 6.00. The average Bonchev–Trinajstić information content (AvgIpc) is 2.88. The molecule has 2 nitrogen and oxygen atoms in total. The summed E-state index contributed by atoms with van der Waals surface area (Å²) in [7, 11) is 0. The van der Waals surface area contributed by atoms with Crippen molar-refractivity contribution in [3.8, 4) is 33.5 Å². The number of halogens is 1. The van der Waals surface area contributed by atoms with Crippen LogP contribution in [0.15, 0.2) is 116 Å². The zero-order chi connectivity index (χ0) is 22.2. The van der Waals surface area contributed by atoms with E-state index in [2.05, 4.69) is 59.6 Å². The second kappa shape index (κ2) is 7.95. The highest BCUT2D eigenvalue weighted by atomic mass is 19.1. The Balaban J connectivity index is 1.34. The minimum atomic E-state index is -0.225. The minimum absolute atomic E-state index is 0.225. The maximum absolute atomic E-state index is 13.3. The SMILES string of the molecule is Fc1ccc(-c2ccc3ccc(-c4ccc(-c5cnc6ccccc6c5)nc4)cc3c2)cc1. The quantitative estimate of drug-likeness (QED) is 0.287. The largest absolute Gasteiger partial charge is 0.256 e. The maximum Gasteiger partial charge on any atom is 0.123 e. The first-order valence-corrected chi connectivity index (χ1v) is 10.8. The molecule has 0 unspecified atom stereocenters. The number of fused-ring (bicyclic) bond motifs is 2. The Hall–Kier alpha value is -4.37. The molecule has 2 aromatic heterocycles. The van der Waals surface area contributed by atoms with Crippen molar-refractivity contribution in [3.05, 3.63) is 121 Å². The van der Waals surface area contributed by atoms with Crippen LogP contribution in [0.5, 0.6) is 0 Å². The number of hydrogen-bond donors (Lipinski definition) is 0. The van der Waals surface area contributed by atoms with E-state index < -0.39 is 0 Å². The van der Waals surface area contributed by atoms with Gasteiger partial charge in [-0.25, -0.2) is 4.39 Å². The second-order valence-corrected chi connectivity index (χ2v) is 8.13. The molecule has 0 amide bonds. The molecule has 0 saturated carbocycles. The number of benzene rings is 4. The normalized spacial score (nSPS) is 11.2. The van der Waals surface area contributed by atoms with Crippen LogP contribution >= 0.6 is 0 Å². The first-order valence-electron chi connectivity index (χ1n) is 10.8. The van der Waals surface area contributed by atoms with Gasteiger partial charge in [0.15, 0.2) is 0 Å². The van der Waals surface area contributed by atoms with E-state index in [4.69, 9.17) is 4.98 Å². The summed E-state index contributed by atoms with van der Waals surface area (Å²) >= 11 is 0. The summed E-state index contributed by atoms with van der Waals surface area (Å²) in [5.74, 6) is -0.225. The molecule has 0 N–H and O–H groups in total. The van der Waals surface area contributed by atoms with E-state index >= 15 is 0 Å². The van der Waals surface area contributed by atoms with E-state index in [0.717, 1.165) is 55.2 Å². The van der Waals surface area contributed by atoms with Crippen molar-refractivity contribution in [1.82, 2.24) is 9.97 Å². The predicted octanol–water partition coefficient (Wildman–Crippen LogP) is 7.92. The number of rotatable bonds is 3. The predicted molar refractivity (Wildman–Crippen MR) is 133 cm³/mol. The number of hydrogen-bond acceptors (Lipinski definition) is 2. The van der Waals surface area contributed by atoms with Crippen molar-refractivity contribution < 1.29 is 4.39 Å². The van der Waals surface area contributed by atoms with E-state index in [1.165, 1.54) is 12.1 Å². The smallest absolute Gasteiger partial charge is 0.123 e. The van der Waals surface area contributed by atoms with Gasteiger partial charge in [-0.15, -0.1) is 0 Å². The lowest BCUT2D eigenvalue weighted by Gasteiger charge is -2.08. The van der Waals surface area contributed by atoms with Crippen LogP contribution in [-0.2, 0) is 0 Å². The summed E-state index contributed by atoms with van der Waals surface area (Å²) in [6.07, 6.45) is 3.78. The van der Waals surface area contributed by atoms with Crippen LogP contribution < -0.4 is 0 Å². The Kier molecular flexibility index (Phi) is 4.66. The van der Waals surface area contributed by atoms with Crippen molar-refractivity contribution in [2.45, 2.75) is 0 Å². The summed E-state index contributed by atoms with van der Waals surface area (Å²) in [5.41, 5.74) is 7.11. The van der Waals surface area contributed by atoms with Gasteiger partial charge in [-0.05, 0) is 69.9 Å². The molecule has 0 atom stereocenters. The Labute approximate surface area is 191 Å². The van der Waals surface area contributed by atoms with Crippen LogP contribution in [0.3, 0.4) is 0 Å². The molecule has 6 aromatic rings. The number of pyridine rings is 2. The van der Waals surface area contributed by atoms with E-state index in [0.29, 0.717) is 0 Å². The summed E-state index contributed by atoms with van der Waals surface area (Å²) in [4.78, 5) is 9.26. The van der Waals surface area contributed by atoms with E-state index in [1.807, 2.05) is 48.8 Å². The molecule has 156 valence electrons. The monoisotopic (exact) mass is 426 g/mol. The van der Waals surface area contributed by atoms with Gasteiger partial charge in [0.25, 0.3) is 0 Å². The molecule has 0 radical (unpaired) electrons. The van der Waals surface area contributed by atoms with Crippen LogP contribution in [0.2, 0.25) is 0 Å². The van der Waals surface area contributed by atoms with Crippen molar-refractivity contribution in [1.29, 1.82) is 0 Å². The highest BCUT2D eigenvalue weighted by Gasteiger charge is 2.06. The van der Waals surface area contributed by atoms with Crippen LogP contribution in [0.4, 0.5) is 4.39 Å². The van der Waals surface area contributed by atoms with Gasteiger partial charge in [-0.2, -0.15) is 0 Å². The van der Waals surface area contributed by atoms with Crippen LogP contribution in [0, 0.1) is 5.82 Å². The zero-order valence-electron chi connectivity index (χ0n) is 17.7. The fourth-order valence-corrected chi connectivity index (χ4v) is 4.19. The molecule has 0 fully saturated rings. The lowest BCUT2D eigenvalue weighted by atomic mass is 9.98. The number of para-hydroxylation sites is 1. The van der Waals surface area contributed by atoms with Gasteiger partial charge in [0, 0.05) is 28.9 Å². The number of nitrogens with zero attached hydrogens (tertiary/aromatic N) is 2. The van der Waals surface area contributed by atoms with E-state index in [-0.39, 0.29) is 5.82 Å². The van der Waals surface area contributed by atoms with Gasteiger partial charge >= 0.3 is 0 Å². The molecular weight excluding hydrogens is 407 g/mol. The summed E-state index contributed by atoms with van der Waals surface area (Å²) in [6.45, 7) is 0. The molecule has 0 spiro atoms. The van der Waals surface area contributed by atoms with Crippen LogP contribution in [0.1, 0.15) is 0 Å². The third kappa shape index (κ3) is 3.74. The second-order valence-electron chi connectivity index (χ2n) is 8.13. The molecule has 2 heterocycles. The first-order chi connectivity index (χ1) is 16.2. The van der Waals surface area contributed by atoms with Gasteiger partial charge in [-0.3, -0.25) is 9.97 Å². The molecule has 0 aliphatic rings. The van der Waals surface area contributed by atoms with Crippen molar-refractivity contribution in [2.24, 2.45) is 0 Å². The molecule has 6 rings (SSSR count). The molecule has 4 aromatic carbocycles. The fourth-order valence-electron chi connectivity index (χ4n) is 4.19. The third-order valence-electron chi connectivity index (χ3n) is 6.00.